The maximum absolute atomic E-state index is 12.5. The van der Waals surface area contributed by atoms with Gasteiger partial charge in [-0.15, -0.1) is 0 Å². The Bertz CT molecular complexity index is 975. The molecule has 0 unspecified atom stereocenters. The lowest BCUT2D eigenvalue weighted by molar-refractivity contribution is 0.0140. The van der Waals surface area contributed by atoms with E-state index in [2.05, 4.69) is 13.8 Å². The van der Waals surface area contributed by atoms with Crippen molar-refractivity contribution in [3.8, 4) is 23.0 Å². The van der Waals surface area contributed by atoms with Gasteiger partial charge >= 0.3 is 0 Å². The molecule has 0 aliphatic heterocycles. The Labute approximate surface area is 189 Å². The molecule has 0 aliphatic carbocycles. The summed E-state index contributed by atoms with van der Waals surface area (Å²) in [6.45, 7) is 6.15. The molecule has 6 nitrogen and oxygen atoms in total. The molecule has 0 bridgehead atoms. The van der Waals surface area contributed by atoms with Gasteiger partial charge in [-0.2, -0.15) is 0 Å². The Hall–Kier alpha value is -2.99. The van der Waals surface area contributed by atoms with Gasteiger partial charge in [-0.3, -0.25) is 4.79 Å². The molecule has 0 saturated heterocycles. The zero-order valence-corrected chi connectivity index (χ0v) is 19.3. The van der Waals surface area contributed by atoms with Crippen molar-refractivity contribution < 1.29 is 30.0 Å². The van der Waals surface area contributed by atoms with Crippen LogP contribution in [0.5, 0.6) is 23.0 Å². The summed E-state index contributed by atoms with van der Waals surface area (Å²) in [4.78, 5) is 12.5. The SMILES string of the molecule is COC(C)(C)CCC/C(C)=C/Cc1c(CCC(=O)c2ccc(O)cc2O)ccc(O)c1O. The fourth-order valence-electron chi connectivity index (χ4n) is 3.54. The minimum atomic E-state index is -0.270. The van der Waals surface area contributed by atoms with Crippen molar-refractivity contribution in [3.05, 3.63) is 58.7 Å². The first kappa shape index (κ1) is 25.3. The number of allylic oxidation sites excluding steroid dienone is 2. The summed E-state index contributed by atoms with van der Waals surface area (Å²) in [5.41, 5.74) is 2.51. The van der Waals surface area contributed by atoms with Gasteiger partial charge in [0.25, 0.3) is 0 Å². The van der Waals surface area contributed by atoms with Crippen LogP contribution in [-0.2, 0) is 17.6 Å². The van der Waals surface area contributed by atoms with Crippen LogP contribution in [-0.4, -0.2) is 38.9 Å². The lowest BCUT2D eigenvalue weighted by atomic mass is 9.94. The van der Waals surface area contributed by atoms with Crippen LogP contribution in [0.15, 0.2) is 42.0 Å². The number of benzene rings is 2. The Balaban J connectivity index is 2.08. The number of aryl methyl sites for hydroxylation is 1. The van der Waals surface area contributed by atoms with E-state index in [1.165, 1.54) is 23.8 Å². The number of Topliss-reactive ketones (excluding diaryl/α,β-unsaturated/α-hetero) is 1. The first-order valence-electron chi connectivity index (χ1n) is 10.8. The topological polar surface area (TPSA) is 107 Å². The molecule has 0 saturated carbocycles. The second-order valence-corrected chi connectivity index (χ2v) is 8.77. The van der Waals surface area contributed by atoms with E-state index < -0.39 is 0 Å². The van der Waals surface area contributed by atoms with Crippen molar-refractivity contribution in [1.82, 2.24) is 0 Å². The molecule has 0 fully saturated rings. The van der Waals surface area contributed by atoms with Crippen LogP contribution in [0, 0.1) is 0 Å². The molecule has 0 atom stereocenters. The minimum absolute atomic E-state index is 0.113. The summed E-state index contributed by atoms with van der Waals surface area (Å²) in [5.74, 6) is -1.02. The predicted octanol–water partition coefficient (Wildman–Crippen LogP) is 5.41. The van der Waals surface area contributed by atoms with E-state index in [9.17, 15) is 25.2 Å². The fraction of sp³-hybridized carbons (Fsp3) is 0.423. The average molecular weight is 443 g/mol. The first-order valence-corrected chi connectivity index (χ1v) is 10.8. The highest BCUT2D eigenvalue weighted by atomic mass is 16.5. The smallest absolute Gasteiger partial charge is 0.166 e. The van der Waals surface area contributed by atoms with Gasteiger partial charge in [0.15, 0.2) is 17.3 Å². The van der Waals surface area contributed by atoms with Gasteiger partial charge in [-0.1, -0.05) is 17.7 Å². The molecule has 0 heterocycles. The number of phenolic OH excluding ortho intramolecular Hbond substituents is 4. The van der Waals surface area contributed by atoms with Crippen molar-refractivity contribution in [1.29, 1.82) is 0 Å². The van der Waals surface area contributed by atoms with E-state index in [0.29, 0.717) is 18.4 Å². The Morgan fingerprint density at radius 1 is 1.03 bits per heavy atom. The van der Waals surface area contributed by atoms with Crippen molar-refractivity contribution in [2.24, 2.45) is 0 Å². The Morgan fingerprint density at radius 3 is 2.41 bits per heavy atom. The lowest BCUT2D eigenvalue weighted by Gasteiger charge is -2.22. The summed E-state index contributed by atoms with van der Waals surface area (Å²) in [6, 6.07) is 7.00. The molecule has 32 heavy (non-hydrogen) atoms. The number of rotatable bonds is 11. The zero-order chi connectivity index (χ0) is 23.9. The van der Waals surface area contributed by atoms with E-state index in [0.717, 1.165) is 30.9 Å². The number of ketones is 1. The minimum Gasteiger partial charge on any atom is -0.508 e. The molecule has 2 rings (SSSR count). The normalized spacial score (nSPS) is 12.2. The molecule has 2 aromatic carbocycles. The van der Waals surface area contributed by atoms with Crippen LogP contribution in [0.4, 0.5) is 0 Å². The van der Waals surface area contributed by atoms with Crippen LogP contribution in [0.25, 0.3) is 0 Å². The molecule has 6 heteroatoms. The highest BCUT2D eigenvalue weighted by Gasteiger charge is 2.17. The molecule has 2 aromatic rings. The number of carbonyl (C=O) groups is 1. The Kier molecular flexibility index (Phi) is 8.72. The monoisotopic (exact) mass is 442 g/mol. The maximum Gasteiger partial charge on any atom is 0.166 e. The number of hydrogen-bond donors (Lipinski definition) is 4. The van der Waals surface area contributed by atoms with E-state index in [4.69, 9.17) is 4.74 Å². The van der Waals surface area contributed by atoms with Crippen LogP contribution in [0.2, 0.25) is 0 Å². The van der Waals surface area contributed by atoms with Gasteiger partial charge in [0.2, 0.25) is 0 Å². The van der Waals surface area contributed by atoms with Crippen molar-refractivity contribution >= 4 is 5.78 Å². The number of aromatic hydroxyl groups is 4. The summed E-state index contributed by atoms with van der Waals surface area (Å²) >= 11 is 0. The highest BCUT2D eigenvalue weighted by molar-refractivity contribution is 5.98. The molecule has 0 spiro atoms. The Morgan fingerprint density at radius 2 is 1.75 bits per heavy atom. The van der Waals surface area contributed by atoms with Gasteiger partial charge in [0.05, 0.1) is 11.2 Å². The van der Waals surface area contributed by atoms with E-state index >= 15 is 0 Å². The summed E-state index contributed by atoms with van der Waals surface area (Å²) in [6.07, 6.45) is 5.75. The number of hydrogen-bond acceptors (Lipinski definition) is 6. The third kappa shape index (κ3) is 7.02. The van der Waals surface area contributed by atoms with Gasteiger partial charge in [0, 0.05) is 25.2 Å². The lowest BCUT2D eigenvalue weighted by Crippen LogP contribution is -2.21. The third-order valence-electron chi connectivity index (χ3n) is 5.82. The quantitative estimate of drug-likeness (QED) is 0.211. The molecular weight excluding hydrogens is 408 g/mol. The average Bonchev–Trinajstić information content (AvgIpc) is 2.73. The van der Waals surface area contributed by atoms with E-state index in [-0.39, 0.29) is 46.4 Å². The summed E-state index contributed by atoms with van der Waals surface area (Å²) < 4.78 is 5.45. The molecule has 0 amide bonds. The second-order valence-electron chi connectivity index (χ2n) is 8.77. The third-order valence-corrected chi connectivity index (χ3v) is 5.82. The summed E-state index contributed by atoms with van der Waals surface area (Å²) in [7, 11) is 1.71. The van der Waals surface area contributed by atoms with Crippen molar-refractivity contribution in [3.63, 3.8) is 0 Å². The van der Waals surface area contributed by atoms with Crippen LogP contribution < -0.4 is 0 Å². The number of phenols is 4. The number of carbonyl (C=O) groups excluding carboxylic acids is 1. The molecule has 0 aliphatic rings. The number of ether oxygens (including phenoxy) is 1. The van der Waals surface area contributed by atoms with Crippen molar-refractivity contribution in [2.75, 3.05) is 7.11 Å². The maximum atomic E-state index is 12.5. The molecule has 174 valence electrons. The second kappa shape index (κ2) is 11.0. The summed E-state index contributed by atoms with van der Waals surface area (Å²) in [5, 5.41) is 39.7. The van der Waals surface area contributed by atoms with Crippen LogP contribution in [0.1, 0.15) is 67.9 Å². The zero-order valence-electron chi connectivity index (χ0n) is 19.3. The van der Waals surface area contributed by atoms with Gasteiger partial charge in [0.1, 0.15) is 11.5 Å². The van der Waals surface area contributed by atoms with Crippen LogP contribution in [0.3, 0.4) is 0 Å². The molecule has 0 radical (unpaired) electrons. The molecule has 4 N–H and O–H groups in total. The van der Waals surface area contributed by atoms with Gasteiger partial charge in [-0.05, 0) is 76.6 Å². The van der Waals surface area contributed by atoms with E-state index in [1.807, 2.05) is 13.0 Å². The first-order chi connectivity index (χ1) is 15.0. The predicted molar refractivity (Wildman–Crippen MR) is 125 cm³/mol. The standard InChI is InChI=1S/C26H34O6/c1-17(6-5-15-26(2,3)32-4)7-11-20-18(9-14-23(29)25(20)31)8-13-22(28)21-12-10-19(27)16-24(21)30/h7,9-10,12,14,16,27,29-31H,5-6,8,11,13,15H2,1-4H3/b17-7+. The number of methoxy groups -OCH3 is 1. The van der Waals surface area contributed by atoms with Gasteiger partial charge in [-0.25, -0.2) is 0 Å². The largest absolute Gasteiger partial charge is 0.508 e. The van der Waals surface area contributed by atoms with Crippen molar-refractivity contribution in [2.45, 2.75) is 64.9 Å². The highest BCUT2D eigenvalue weighted by Crippen LogP contribution is 2.33. The van der Waals surface area contributed by atoms with Crippen LogP contribution >= 0.6 is 0 Å². The molecule has 0 aromatic heterocycles. The van der Waals surface area contributed by atoms with Gasteiger partial charge < -0.3 is 25.2 Å². The van der Waals surface area contributed by atoms with E-state index in [1.54, 1.807) is 13.2 Å². The fourth-order valence-corrected chi connectivity index (χ4v) is 3.54. The molecular formula is C26H34O6.